The molecule has 0 aliphatic carbocycles. The predicted molar refractivity (Wildman–Crippen MR) is 99.3 cm³/mol. The molecule has 0 aliphatic rings. The van der Waals surface area contributed by atoms with Crippen molar-refractivity contribution in [2.75, 3.05) is 6.61 Å². The second-order valence-corrected chi connectivity index (χ2v) is 6.10. The Hall–Kier alpha value is -2.83. The van der Waals surface area contributed by atoms with Crippen LogP contribution in [0, 0.1) is 0 Å². The Bertz CT molecular complexity index is 979. The lowest BCUT2D eigenvalue weighted by atomic mass is 10.2. The number of fused-ring (bicyclic) bond motifs is 1. The van der Waals surface area contributed by atoms with Gasteiger partial charge in [0.25, 0.3) is 11.8 Å². The Morgan fingerprint density at radius 3 is 2.62 bits per heavy atom. The number of ether oxygens (including phenoxy) is 1. The van der Waals surface area contributed by atoms with Crippen molar-refractivity contribution in [3.05, 3.63) is 70.3 Å². The Labute approximate surface area is 159 Å². The van der Waals surface area contributed by atoms with Gasteiger partial charge in [-0.15, -0.1) is 0 Å². The summed E-state index contributed by atoms with van der Waals surface area (Å²) in [6.07, 6.45) is 0. The Kier molecular flexibility index (Phi) is 5.55. The lowest BCUT2D eigenvalue weighted by Gasteiger charge is -2.10. The van der Waals surface area contributed by atoms with Gasteiger partial charge in [0.05, 0.1) is 10.5 Å². The maximum atomic E-state index is 12.1. The van der Waals surface area contributed by atoms with Crippen molar-refractivity contribution in [1.82, 2.24) is 15.8 Å². The first-order chi connectivity index (χ1) is 12.5. The minimum atomic E-state index is -0.551. The van der Waals surface area contributed by atoms with E-state index in [1.807, 2.05) is 18.2 Å². The highest BCUT2D eigenvalue weighted by molar-refractivity contribution is 6.35. The van der Waals surface area contributed by atoms with Gasteiger partial charge in [0, 0.05) is 10.4 Å². The van der Waals surface area contributed by atoms with Gasteiger partial charge in [-0.25, -0.2) is 4.98 Å². The molecular formula is C18H13Cl2N3O3. The molecule has 2 aromatic carbocycles. The first-order valence-electron chi connectivity index (χ1n) is 7.56. The van der Waals surface area contributed by atoms with Crippen LogP contribution in [-0.2, 0) is 4.79 Å². The first kappa shape index (κ1) is 18.0. The highest BCUT2D eigenvalue weighted by Crippen LogP contribution is 2.27. The van der Waals surface area contributed by atoms with Crippen molar-refractivity contribution < 1.29 is 14.3 Å². The highest BCUT2D eigenvalue weighted by atomic mass is 35.5. The molecule has 132 valence electrons. The van der Waals surface area contributed by atoms with Crippen LogP contribution in [0.15, 0.2) is 54.6 Å². The van der Waals surface area contributed by atoms with Crippen molar-refractivity contribution in [3.8, 4) is 5.75 Å². The monoisotopic (exact) mass is 389 g/mol. The number of nitrogens with one attached hydrogen (secondary N) is 2. The molecule has 0 unspecified atom stereocenters. The fourth-order valence-electron chi connectivity index (χ4n) is 2.15. The number of hydrogen-bond donors (Lipinski definition) is 2. The third-order valence-electron chi connectivity index (χ3n) is 3.40. The minimum absolute atomic E-state index is 0.186. The van der Waals surface area contributed by atoms with Crippen LogP contribution >= 0.6 is 23.2 Å². The maximum Gasteiger partial charge on any atom is 0.288 e. The van der Waals surface area contributed by atoms with E-state index < -0.39 is 11.8 Å². The number of hydrogen-bond acceptors (Lipinski definition) is 4. The molecule has 0 bridgehead atoms. The first-order valence-corrected chi connectivity index (χ1v) is 8.31. The number of benzene rings is 2. The summed E-state index contributed by atoms with van der Waals surface area (Å²) in [6, 6.07) is 15.4. The summed E-state index contributed by atoms with van der Waals surface area (Å²) in [5.41, 5.74) is 5.42. The summed E-state index contributed by atoms with van der Waals surface area (Å²) < 4.78 is 5.28. The summed E-state index contributed by atoms with van der Waals surface area (Å²) in [5.74, 6) is -0.771. The van der Waals surface area contributed by atoms with Crippen molar-refractivity contribution in [2.45, 2.75) is 0 Å². The number of aromatic nitrogens is 1. The van der Waals surface area contributed by atoms with E-state index in [-0.39, 0.29) is 17.3 Å². The molecule has 6 nitrogen and oxygen atoms in total. The molecule has 8 heteroatoms. The fraction of sp³-hybridized carbons (Fsp3) is 0.0556. The third kappa shape index (κ3) is 4.41. The minimum Gasteiger partial charge on any atom is -0.482 e. The van der Waals surface area contributed by atoms with E-state index >= 15 is 0 Å². The molecule has 2 amide bonds. The second kappa shape index (κ2) is 8.03. The summed E-state index contributed by atoms with van der Waals surface area (Å²) in [4.78, 5) is 28.1. The molecule has 0 saturated carbocycles. The van der Waals surface area contributed by atoms with E-state index in [1.54, 1.807) is 30.3 Å². The largest absolute Gasteiger partial charge is 0.482 e. The second-order valence-electron chi connectivity index (χ2n) is 5.25. The average molecular weight is 390 g/mol. The van der Waals surface area contributed by atoms with Crippen LogP contribution in [0.4, 0.5) is 0 Å². The average Bonchev–Trinajstić information content (AvgIpc) is 2.65. The smallest absolute Gasteiger partial charge is 0.288 e. The molecule has 2 N–H and O–H groups in total. The summed E-state index contributed by atoms with van der Waals surface area (Å²) >= 11 is 11.7. The molecule has 0 saturated heterocycles. The van der Waals surface area contributed by atoms with Gasteiger partial charge in [0.2, 0.25) is 0 Å². The van der Waals surface area contributed by atoms with Crippen molar-refractivity contribution in [1.29, 1.82) is 0 Å². The van der Waals surface area contributed by atoms with Gasteiger partial charge in [-0.2, -0.15) is 0 Å². The zero-order chi connectivity index (χ0) is 18.5. The molecular weight excluding hydrogens is 377 g/mol. The lowest BCUT2D eigenvalue weighted by molar-refractivity contribution is -0.123. The van der Waals surface area contributed by atoms with E-state index in [1.165, 1.54) is 6.07 Å². The summed E-state index contributed by atoms with van der Waals surface area (Å²) in [5, 5.41) is 1.66. The predicted octanol–water partition coefficient (Wildman–Crippen LogP) is 3.38. The number of nitrogens with zero attached hydrogens (tertiary/aromatic N) is 1. The molecule has 3 rings (SSSR count). The van der Waals surface area contributed by atoms with Crippen LogP contribution < -0.4 is 15.6 Å². The Morgan fingerprint density at radius 2 is 1.81 bits per heavy atom. The van der Waals surface area contributed by atoms with E-state index in [9.17, 15) is 9.59 Å². The summed E-state index contributed by atoms with van der Waals surface area (Å²) in [6.45, 7) is -0.327. The zero-order valence-corrected chi connectivity index (χ0v) is 14.8. The van der Waals surface area contributed by atoms with Gasteiger partial charge in [-0.3, -0.25) is 20.4 Å². The Morgan fingerprint density at radius 1 is 1.00 bits per heavy atom. The lowest BCUT2D eigenvalue weighted by Crippen LogP contribution is -2.44. The van der Waals surface area contributed by atoms with E-state index in [0.717, 1.165) is 5.39 Å². The number of halogens is 2. The zero-order valence-electron chi connectivity index (χ0n) is 13.3. The van der Waals surface area contributed by atoms with E-state index in [0.29, 0.717) is 16.3 Å². The van der Waals surface area contributed by atoms with Gasteiger partial charge in [-0.1, -0.05) is 47.5 Å². The van der Waals surface area contributed by atoms with Crippen LogP contribution in [0.1, 0.15) is 10.5 Å². The normalized spacial score (nSPS) is 10.4. The number of rotatable bonds is 4. The number of hydrazine groups is 1. The molecule has 1 aromatic heterocycles. The molecule has 0 spiro atoms. The summed E-state index contributed by atoms with van der Waals surface area (Å²) in [7, 11) is 0. The van der Waals surface area contributed by atoms with Crippen molar-refractivity contribution >= 4 is 45.9 Å². The SMILES string of the molecule is O=C(COc1ccc(Cl)cc1Cl)NNC(=O)c1ccc2ccccc2n1. The number of carbonyl (C=O) groups excluding carboxylic acids is 2. The third-order valence-corrected chi connectivity index (χ3v) is 3.93. The van der Waals surface area contributed by atoms with Crippen LogP contribution in [0.25, 0.3) is 10.9 Å². The van der Waals surface area contributed by atoms with Crippen molar-refractivity contribution in [2.24, 2.45) is 0 Å². The standard InChI is InChI=1S/C18H13Cl2N3O3/c19-12-6-8-16(13(20)9-12)26-10-17(24)22-23-18(25)15-7-5-11-3-1-2-4-14(11)21-15/h1-9H,10H2,(H,22,24)(H,23,25). The molecule has 0 aliphatic heterocycles. The molecule has 0 radical (unpaired) electrons. The number of pyridine rings is 1. The van der Waals surface area contributed by atoms with Crippen LogP contribution in [0.5, 0.6) is 5.75 Å². The van der Waals surface area contributed by atoms with Gasteiger partial charge in [-0.05, 0) is 30.3 Å². The number of carbonyl (C=O) groups is 2. The van der Waals surface area contributed by atoms with Gasteiger partial charge in [0.1, 0.15) is 11.4 Å². The van der Waals surface area contributed by atoms with Crippen LogP contribution in [0.3, 0.4) is 0 Å². The Balaban J connectivity index is 1.54. The molecule has 3 aromatic rings. The quantitative estimate of drug-likeness (QED) is 0.670. The van der Waals surface area contributed by atoms with Crippen LogP contribution in [0.2, 0.25) is 10.0 Å². The fourth-order valence-corrected chi connectivity index (χ4v) is 2.62. The highest BCUT2D eigenvalue weighted by Gasteiger charge is 2.11. The maximum absolute atomic E-state index is 12.1. The van der Waals surface area contributed by atoms with Crippen molar-refractivity contribution in [3.63, 3.8) is 0 Å². The molecule has 26 heavy (non-hydrogen) atoms. The van der Waals surface area contributed by atoms with E-state index in [2.05, 4.69) is 15.8 Å². The molecule has 0 atom stereocenters. The molecule has 1 heterocycles. The van der Waals surface area contributed by atoms with Gasteiger partial charge in [0.15, 0.2) is 6.61 Å². The number of amides is 2. The molecule has 0 fully saturated rings. The van der Waals surface area contributed by atoms with E-state index in [4.69, 9.17) is 27.9 Å². The van der Waals surface area contributed by atoms with Crippen LogP contribution in [-0.4, -0.2) is 23.4 Å². The van der Waals surface area contributed by atoms with Gasteiger partial charge < -0.3 is 4.74 Å². The van der Waals surface area contributed by atoms with Gasteiger partial charge >= 0.3 is 0 Å². The topological polar surface area (TPSA) is 80.3 Å². The number of para-hydroxylation sites is 1.